The molecular formula is C13H9ClN2O4. The van der Waals surface area contributed by atoms with Gasteiger partial charge in [0, 0.05) is 11.8 Å². The number of nitro groups is 1. The van der Waals surface area contributed by atoms with Crippen LogP contribution in [-0.4, -0.2) is 11.0 Å². The van der Waals surface area contributed by atoms with Crippen LogP contribution in [0.15, 0.2) is 48.5 Å². The van der Waals surface area contributed by atoms with E-state index in [-0.39, 0.29) is 10.7 Å². The summed E-state index contributed by atoms with van der Waals surface area (Å²) in [5.74, 6) is 0.387. The summed E-state index contributed by atoms with van der Waals surface area (Å²) in [4.78, 5) is 21.6. The largest absolute Gasteiger partial charge is 0.417 e. The van der Waals surface area contributed by atoms with Gasteiger partial charge in [0.1, 0.15) is 10.8 Å². The molecule has 0 saturated heterocycles. The van der Waals surface area contributed by atoms with Crippen molar-refractivity contribution in [3.8, 4) is 5.75 Å². The molecule has 0 aliphatic heterocycles. The number of para-hydroxylation sites is 1. The quantitative estimate of drug-likeness (QED) is 0.688. The number of ether oxygens (including phenoxy) is 1. The zero-order chi connectivity index (χ0) is 14.5. The van der Waals surface area contributed by atoms with Crippen LogP contribution < -0.4 is 10.1 Å². The first-order valence-electron chi connectivity index (χ1n) is 5.54. The van der Waals surface area contributed by atoms with E-state index in [4.69, 9.17) is 16.3 Å². The van der Waals surface area contributed by atoms with Crippen molar-refractivity contribution < 1.29 is 14.5 Å². The number of nitrogens with one attached hydrogen (secondary N) is 1. The summed E-state index contributed by atoms with van der Waals surface area (Å²) in [7, 11) is 0. The van der Waals surface area contributed by atoms with Crippen LogP contribution in [0.1, 0.15) is 0 Å². The Bertz CT molecular complexity index is 646. The maximum absolute atomic E-state index is 11.6. The molecule has 0 spiro atoms. The van der Waals surface area contributed by atoms with Crippen LogP contribution in [0.4, 0.5) is 16.2 Å². The Labute approximate surface area is 119 Å². The molecule has 0 bridgehead atoms. The van der Waals surface area contributed by atoms with E-state index in [0.29, 0.717) is 11.4 Å². The molecule has 0 fully saturated rings. The van der Waals surface area contributed by atoms with E-state index >= 15 is 0 Å². The van der Waals surface area contributed by atoms with E-state index in [1.54, 1.807) is 30.3 Å². The molecule has 2 rings (SSSR count). The van der Waals surface area contributed by atoms with Gasteiger partial charge in [0.15, 0.2) is 0 Å². The van der Waals surface area contributed by atoms with Crippen molar-refractivity contribution in [2.24, 2.45) is 0 Å². The molecule has 20 heavy (non-hydrogen) atoms. The predicted molar refractivity (Wildman–Crippen MR) is 74.2 cm³/mol. The van der Waals surface area contributed by atoms with Crippen LogP contribution in [0.3, 0.4) is 0 Å². The highest BCUT2D eigenvalue weighted by Gasteiger charge is 2.13. The fraction of sp³-hybridized carbons (Fsp3) is 0. The van der Waals surface area contributed by atoms with Gasteiger partial charge in [-0.25, -0.2) is 4.79 Å². The highest BCUT2D eigenvalue weighted by atomic mass is 35.5. The predicted octanol–water partition coefficient (Wildman–Crippen LogP) is 3.86. The third kappa shape index (κ3) is 3.46. The molecule has 0 saturated carbocycles. The number of carbonyl (C=O) groups excluding carboxylic acids is 1. The number of halogens is 1. The van der Waals surface area contributed by atoms with Crippen LogP contribution in [0, 0.1) is 10.1 Å². The van der Waals surface area contributed by atoms with Gasteiger partial charge in [0.05, 0.1) is 4.92 Å². The molecule has 0 radical (unpaired) electrons. The number of anilines is 1. The molecule has 6 nitrogen and oxygen atoms in total. The van der Waals surface area contributed by atoms with Gasteiger partial charge >= 0.3 is 6.09 Å². The van der Waals surface area contributed by atoms with Crippen molar-refractivity contribution in [3.63, 3.8) is 0 Å². The molecule has 1 N–H and O–H groups in total. The van der Waals surface area contributed by atoms with E-state index in [1.165, 1.54) is 18.2 Å². The average Bonchev–Trinajstić information content (AvgIpc) is 2.39. The lowest BCUT2D eigenvalue weighted by Gasteiger charge is -2.06. The molecule has 0 aliphatic rings. The average molecular weight is 293 g/mol. The van der Waals surface area contributed by atoms with E-state index in [1.807, 2.05) is 0 Å². The molecule has 0 unspecified atom stereocenters. The second-order valence-electron chi connectivity index (χ2n) is 3.75. The SMILES string of the molecule is O=C(Nc1ccc([N+](=O)[O-])c(Cl)c1)Oc1ccccc1. The normalized spacial score (nSPS) is 9.85. The zero-order valence-corrected chi connectivity index (χ0v) is 10.8. The molecule has 0 aromatic heterocycles. The minimum atomic E-state index is -0.707. The molecule has 0 atom stereocenters. The number of amides is 1. The second kappa shape index (κ2) is 6.03. The van der Waals surface area contributed by atoms with Crippen LogP contribution in [0.5, 0.6) is 5.75 Å². The number of carbonyl (C=O) groups is 1. The minimum Gasteiger partial charge on any atom is -0.410 e. The molecule has 0 heterocycles. The number of hydrogen-bond acceptors (Lipinski definition) is 4. The van der Waals surface area contributed by atoms with Crippen molar-refractivity contribution in [1.29, 1.82) is 0 Å². The Morgan fingerprint density at radius 1 is 1.20 bits per heavy atom. The van der Waals surface area contributed by atoms with Crippen LogP contribution in [-0.2, 0) is 0 Å². The maximum Gasteiger partial charge on any atom is 0.417 e. The van der Waals surface area contributed by atoms with Crippen LogP contribution >= 0.6 is 11.6 Å². The number of nitrogens with zero attached hydrogens (tertiary/aromatic N) is 1. The number of benzene rings is 2. The fourth-order valence-electron chi connectivity index (χ4n) is 1.47. The topological polar surface area (TPSA) is 81.5 Å². The molecule has 7 heteroatoms. The van der Waals surface area contributed by atoms with Crippen molar-refractivity contribution in [2.75, 3.05) is 5.32 Å². The summed E-state index contributed by atoms with van der Waals surface area (Å²) >= 11 is 5.73. The minimum absolute atomic E-state index is 0.0625. The van der Waals surface area contributed by atoms with Gasteiger partial charge in [-0.1, -0.05) is 29.8 Å². The Hall–Kier alpha value is -2.60. The fourth-order valence-corrected chi connectivity index (χ4v) is 1.72. The molecule has 2 aromatic rings. The Morgan fingerprint density at radius 3 is 2.50 bits per heavy atom. The third-order valence-electron chi connectivity index (χ3n) is 2.34. The van der Waals surface area contributed by atoms with Gasteiger partial charge in [0.2, 0.25) is 0 Å². The monoisotopic (exact) mass is 292 g/mol. The molecular weight excluding hydrogens is 284 g/mol. The lowest BCUT2D eigenvalue weighted by atomic mass is 10.3. The van der Waals surface area contributed by atoms with Gasteiger partial charge in [-0.15, -0.1) is 0 Å². The van der Waals surface area contributed by atoms with Gasteiger partial charge in [-0.2, -0.15) is 0 Å². The first-order chi connectivity index (χ1) is 9.56. The Kier molecular flexibility index (Phi) is 4.17. The molecule has 2 aromatic carbocycles. The van der Waals surface area contributed by atoms with E-state index in [2.05, 4.69) is 5.32 Å². The summed E-state index contributed by atoms with van der Waals surface area (Å²) in [6.45, 7) is 0. The first-order valence-corrected chi connectivity index (χ1v) is 5.92. The Balaban J connectivity index is 2.05. The standard InChI is InChI=1S/C13H9ClN2O4/c14-11-8-9(6-7-12(11)16(18)19)15-13(17)20-10-4-2-1-3-5-10/h1-8H,(H,15,17). The zero-order valence-electron chi connectivity index (χ0n) is 10.1. The lowest BCUT2D eigenvalue weighted by molar-refractivity contribution is -0.384. The van der Waals surface area contributed by atoms with Crippen molar-refractivity contribution >= 4 is 29.1 Å². The molecule has 0 aliphatic carbocycles. The summed E-state index contributed by atoms with van der Waals surface area (Å²) in [5.41, 5.74) is 0.0789. The van der Waals surface area contributed by atoms with Crippen molar-refractivity contribution in [2.45, 2.75) is 0 Å². The first kappa shape index (κ1) is 13.8. The Morgan fingerprint density at radius 2 is 1.90 bits per heavy atom. The number of nitro benzene ring substituents is 1. The highest BCUT2D eigenvalue weighted by Crippen LogP contribution is 2.27. The van der Waals surface area contributed by atoms with Crippen molar-refractivity contribution in [1.82, 2.24) is 0 Å². The lowest BCUT2D eigenvalue weighted by Crippen LogP contribution is -2.16. The van der Waals surface area contributed by atoms with E-state index in [9.17, 15) is 14.9 Å². The number of hydrogen-bond donors (Lipinski definition) is 1. The van der Waals surface area contributed by atoms with Gasteiger partial charge in [0.25, 0.3) is 5.69 Å². The third-order valence-corrected chi connectivity index (χ3v) is 2.65. The summed E-state index contributed by atoms with van der Waals surface area (Å²) in [5, 5.41) is 13.0. The highest BCUT2D eigenvalue weighted by molar-refractivity contribution is 6.33. The van der Waals surface area contributed by atoms with Gasteiger partial charge in [-0.3, -0.25) is 15.4 Å². The summed E-state index contributed by atoms with van der Waals surface area (Å²) in [6.07, 6.45) is -0.707. The summed E-state index contributed by atoms with van der Waals surface area (Å²) in [6, 6.07) is 12.4. The van der Waals surface area contributed by atoms with E-state index in [0.717, 1.165) is 0 Å². The number of rotatable bonds is 3. The van der Waals surface area contributed by atoms with E-state index < -0.39 is 11.0 Å². The van der Waals surface area contributed by atoms with Crippen LogP contribution in [0.2, 0.25) is 5.02 Å². The van der Waals surface area contributed by atoms with Gasteiger partial charge < -0.3 is 4.74 Å². The maximum atomic E-state index is 11.6. The molecule has 1 amide bonds. The smallest absolute Gasteiger partial charge is 0.410 e. The summed E-state index contributed by atoms with van der Waals surface area (Å²) < 4.78 is 5.01. The molecule has 102 valence electrons. The van der Waals surface area contributed by atoms with Crippen LogP contribution in [0.25, 0.3) is 0 Å². The van der Waals surface area contributed by atoms with Crippen molar-refractivity contribution in [3.05, 3.63) is 63.7 Å². The second-order valence-corrected chi connectivity index (χ2v) is 4.16. The van der Waals surface area contributed by atoms with Gasteiger partial charge in [-0.05, 0) is 24.3 Å².